The molecule has 3 nitrogen and oxygen atoms in total. The Bertz CT molecular complexity index is 520. The van der Waals surface area contributed by atoms with Crippen molar-refractivity contribution in [1.29, 1.82) is 0 Å². The van der Waals surface area contributed by atoms with Crippen molar-refractivity contribution in [3.63, 3.8) is 0 Å². The molecule has 0 atom stereocenters. The van der Waals surface area contributed by atoms with E-state index >= 15 is 0 Å². The van der Waals surface area contributed by atoms with E-state index in [1.165, 1.54) is 16.5 Å². The molecule has 0 fully saturated rings. The van der Waals surface area contributed by atoms with Crippen molar-refractivity contribution in [1.82, 2.24) is 9.88 Å². The second-order valence-corrected chi connectivity index (χ2v) is 6.66. The Morgan fingerprint density at radius 3 is 2.95 bits per heavy atom. The molecule has 0 unspecified atom stereocenters. The van der Waals surface area contributed by atoms with Crippen LogP contribution in [0.4, 0.5) is 0 Å². The standard InChI is InChI=1S/C14H18N2OS2/c1-3-4-9-16(2)13(17)10-18-14-15-11-7-5-6-8-12(11)19-14/h5-8H,3-4,9-10H2,1-2H3. The Morgan fingerprint density at radius 2 is 2.21 bits per heavy atom. The van der Waals surface area contributed by atoms with Crippen LogP contribution >= 0.6 is 23.1 Å². The molecule has 0 radical (unpaired) electrons. The zero-order valence-corrected chi connectivity index (χ0v) is 12.9. The average Bonchev–Trinajstić information content (AvgIpc) is 2.84. The summed E-state index contributed by atoms with van der Waals surface area (Å²) in [4.78, 5) is 18.2. The second kappa shape index (κ2) is 6.91. The van der Waals surface area contributed by atoms with E-state index in [9.17, 15) is 4.79 Å². The maximum Gasteiger partial charge on any atom is 0.232 e. The summed E-state index contributed by atoms with van der Waals surface area (Å²) in [7, 11) is 1.87. The predicted octanol–water partition coefficient (Wildman–Crippen LogP) is 3.65. The van der Waals surface area contributed by atoms with Crippen LogP contribution in [0.1, 0.15) is 19.8 Å². The van der Waals surface area contributed by atoms with Crippen LogP contribution in [0.2, 0.25) is 0 Å². The summed E-state index contributed by atoms with van der Waals surface area (Å²) in [6, 6.07) is 8.07. The van der Waals surface area contributed by atoms with Crippen LogP contribution in [0.5, 0.6) is 0 Å². The Balaban J connectivity index is 1.89. The smallest absolute Gasteiger partial charge is 0.232 e. The zero-order chi connectivity index (χ0) is 13.7. The van der Waals surface area contributed by atoms with Crippen LogP contribution in [0, 0.1) is 0 Å². The normalized spacial score (nSPS) is 10.8. The molecular weight excluding hydrogens is 276 g/mol. The number of thioether (sulfide) groups is 1. The topological polar surface area (TPSA) is 33.2 Å². The van der Waals surface area contributed by atoms with Crippen LogP contribution in [0.15, 0.2) is 28.6 Å². The third kappa shape index (κ3) is 3.94. The lowest BCUT2D eigenvalue weighted by molar-refractivity contribution is -0.127. The number of fused-ring (bicyclic) bond motifs is 1. The minimum Gasteiger partial charge on any atom is -0.345 e. The number of carbonyl (C=O) groups is 1. The number of thiazole rings is 1. The van der Waals surface area contributed by atoms with Gasteiger partial charge in [0, 0.05) is 13.6 Å². The first-order valence-electron chi connectivity index (χ1n) is 6.43. The van der Waals surface area contributed by atoms with Crippen molar-refractivity contribution in [2.24, 2.45) is 0 Å². The lowest BCUT2D eigenvalue weighted by Crippen LogP contribution is -2.29. The number of hydrogen-bond donors (Lipinski definition) is 0. The Kier molecular flexibility index (Phi) is 5.22. The highest BCUT2D eigenvalue weighted by molar-refractivity contribution is 8.01. The molecule has 0 aliphatic carbocycles. The fourth-order valence-corrected chi connectivity index (χ4v) is 3.68. The molecule has 0 bridgehead atoms. The van der Waals surface area contributed by atoms with Gasteiger partial charge in [-0.3, -0.25) is 4.79 Å². The number of hydrogen-bond acceptors (Lipinski definition) is 4. The van der Waals surface area contributed by atoms with Gasteiger partial charge >= 0.3 is 0 Å². The van der Waals surface area contributed by atoms with Crippen molar-refractivity contribution in [3.05, 3.63) is 24.3 Å². The molecule has 0 N–H and O–H groups in total. The van der Waals surface area contributed by atoms with Crippen molar-refractivity contribution < 1.29 is 4.79 Å². The molecular formula is C14H18N2OS2. The average molecular weight is 294 g/mol. The number of aromatic nitrogens is 1. The van der Waals surface area contributed by atoms with Crippen molar-refractivity contribution >= 4 is 39.2 Å². The third-order valence-electron chi connectivity index (χ3n) is 2.87. The zero-order valence-electron chi connectivity index (χ0n) is 11.3. The molecule has 0 aliphatic heterocycles. The number of amides is 1. The molecule has 1 aromatic heterocycles. The molecule has 1 amide bonds. The van der Waals surface area contributed by atoms with Gasteiger partial charge in [0.1, 0.15) is 0 Å². The van der Waals surface area contributed by atoms with Crippen LogP contribution in [0.3, 0.4) is 0 Å². The van der Waals surface area contributed by atoms with Gasteiger partial charge in [0.15, 0.2) is 4.34 Å². The molecule has 0 saturated carbocycles. The molecule has 5 heteroatoms. The molecule has 2 aromatic rings. The van der Waals surface area contributed by atoms with Crippen molar-refractivity contribution in [2.45, 2.75) is 24.1 Å². The molecule has 0 saturated heterocycles. The van der Waals surface area contributed by atoms with E-state index in [2.05, 4.69) is 18.0 Å². The highest BCUT2D eigenvalue weighted by Crippen LogP contribution is 2.29. The highest BCUT2D eigenvalue weighted by Gasteiger charge is 2.10. The highest BCUT2D eigenvalue weighted by atomic mass is 32.2. The van der Waals surface area contributed by atoms with E-state index < -0.39 is 0 Å². The summed E-state index contributed by atoms with van der Waals surface area (Å²) in [5, 5.41) is 0. The Morgan fingerprint density at radius 1 is 1.42 bits per heavy atom. The maximum absolute atomic E-state index is 11.9. The van der Waals surface area contributed by atoms with Crippen LogP contribution in [-0.2, 0) is 4.79 Å². The first-order valence-corrected chi connectivity index (χ1v) is 8.23. The largest absolute Gasteiger partial charge is 0.345 e. The van der Waals surface area contributed by atoms with Crippen LogP contribution < -0.4 is 0 Å². The number of para-hydroxylation sites is 1. The SMILES string of the molecule is CCCCN(C)C(=O)CSc1nc2ccccc2s1. The lowest BCUT2D eigenvalue weighted by Gasteiger charge is -2.15. The molecule has 2 rings (SSSR count). The quantitative estimate of drug-likeness (QED) is 0.763. The number of unbranched alkanes of at least 4 members (excludes halogenated alkanes) is 1. The van der Waals surface area contributed by atoms with E-state index in [1.807, 2.05) is 30.1 Å². The molecule has 0 spiro atoms. The number of carbonyl (C=O) groups excluding carboxylic acids is 1. The van der Waals surface area contributed by atoms with Crippen LogP contribution in [-0.4, -0.2) is 35.1 Å². The molecule has 19 heavy (non-hydrogen) atoms. The Labute approximate surface area is 122 Å². The van der Waals surface area contributed by atoms with Crippen LogP contribution in [0.25, 0.3) is 10.2 Å². The monoisotopic (exact) mass is 294 g/mol. The molecule has 1 aromatic carbocycles. The van der Waals surface area contributed by atoms with Gasteiger partial charge in [-0.15, -0.1) is 11.3 Å². The molecule has 1 heterocycles. The van der Waals surface area contributed by atoms with Crippen molar-refractivity contribution in [3.8, 4) is 0 Å². The fourth-order valence-electron chi connectivity index (χ4n) is 1.67. The van der Waals surface area contributed by atoms with Gasteiger partial charge in [-0.1, -0.05) is 37.2 Å². The van der Waals surface area contributed by atoms with Gasteiger partial charge in [0.25, 0.3) is 0 Å². The van der Waals surface area contributed by atoms with Gasteiger partial charge < -0.3 is 4.90 Å². The summed E-state index contributed by atoms with van der Waals surface area (Å²) in [6.07, 6.45) is 2.18. The van der Waals surface area contributed by atoms with E-state index in [0.29, 0.717) is 5.75 Å². The van der Waals surface area contributed by atoms with E-state index in [4.69, 9.17) is 0 Å². The van der Waals surface area contributed by atoms with Gasteiger partial charge in [-0.05, 0) is 18.6 Å². The first-order chi connectivity index (χ1) is 9.20. The number of rotatable bonds is 6. The second-order valence-electron chi connectivity index (χ2n) is 4.41. The van der Waals surface area contributed by atoms with E-state index in [1.54, 1.807) is 11.3 Å². The summed E-state index contributed by atoms with van der Waals surface area (Å²) >= 11 is 3.18. The lowest BCUT2D eigenvalue weighted by atomic mass is 10.3. The fraction of sp³-hybridized carbons (Fsp3) is 0.429. The summed E-state index contributed by atoms with van der Waals surface area (Å²) in [5.74, 6) is 0.651. The minimum atomic E-state index is 0.178. The van der Waals surface area contributed by atoms with E-state index in [0.717, 1.165) is 29.2 Å². The summed E-state index contributed by atoms with van der Waals surface area (Å²) < 4.78 is 2.15. The minimum absolute atomic E-state index is 0.178. The summed E-state index contributed by atoms with van der Waals surface area (Å²) in [5.41, 5.74) is 1.02. The maximum atomic E-state index is 11.9. The third-order valence-corrected chi connectivity index (χ3v) is 5.03. The predicted molar refractivity (Wildman–Crippen MR) is 82.9 cm³/mol. The van der Waals surface area contributed by atoms with Gasteiger partial charge in [-0.25, -0.2) is 4.98 Å². The summed E-state index contributed by atoms with van der Waals surface area (Å²) in [6.45, 7) is 2.98. The molecule has 102 valence electrons. The van der Waals surface area contributed by atoms with Gasteiger partial charge in [0.2, 0.25) is 5.91 Å². The van der Waals surface area contributed by atoms with E-state index in [-0.39, 0.29) is 5.91 Å². The van der Waals surface area contributed by atoms with Gasteiger partial charge in [0.05, 0.1) is 16.0 Å². The molecule has 0 aliphatic rings. The Hall–Kier alpha value is -1.07. The number of nitrogens with zero attached hydrogens (tertiary/aromatic N) is 2. The number of benzene rings is 1. The van der Waals surface area contributed by atoms with Gasteiger partial charge in [-0.2, -0.15) is 0 Å². The first kappa shape index (κ1) is 14.3. The van der Waals surface area contributed by atoms with Crippen molar-refractivity contribution in [2.75, 3.05) is 19.3 Å².